The Morgan fingerprint density at radius 1 is 0.536 bits per heavy atom. The minimum absolute atomic E-state index is 0. The van der Waals surface area contributed by atoms with Crippen LogP contribution < -0.4 is 17.0 Å². The highest BCUT2D eigenvalue weighted by Crippen LogP contribution is 2.16. The number of likely N-dealkylation sites (N-methyl/N-ethyl adjacent to an activating group) is 1. The summed E-state index contributed by atoms with van der Waals surface area (Å²) in [6.07, 6.45) is 26.9. The smallest absolute Gasteiger partial charge is 0.112 e. The number of unbranched alkanes of at least 4 members (excludes halogenated alkanes) is 17. The van der Waals surface area contributed by atoms with E-state index in [1.165, 1.54) is 122 Å². The molecule has 1 unspecified atom stereocenters. The lowest BCUT2D eigenvalue weighted by atomic mass is 10.0. The molecule has 0 saturated heterocycles. The second kappa shape index (κ2) is 22.1. The average molecular weight is 465 g/mol. The van der Waals surface area contributed by atoms with Crippen LogP contribution in [0.25, 0.3) is 0 Å². The molecule has 0 fully saturated rings. The van der Waals surface area contributed by atoms with Gasteiger partial charge in [0.15, 0.2) is 0 Å². The number of halogens is 1. The third-order valence-electron chi connectivity index (χ3n) is 6.20. The number of rotatable bonds is 21. The van der Waals surface area contributed by atoms with Crippen LogP contribution in [0.15, 0.2) is 0 Å². The van der Waals surface area contributed by atoms with Crippen molar-refractivity contribution in [1.82, 2.24) is 0 Å². The van der Waals surface area contributed by atoms with Crippen LogP contribution in [0.4, 0.5) is 0 Å². The van der Waals surface area contributed by atoms with Crippen LogP contribution in [0.5, 0.6) is 0 Å². The minimum Gasteiger partial charge on any atom is -1.00 e. The van der Waals surface area contributed by atoms with Gasteiger partial charge in [-0.3, -0.25) is 0 Å². The molecule has 3 heteroatoms. The Morgan fingerprint density at radius 2 is 0.821 bits per heavy atom. The first-order chi connectivity index (χ1) is 13.0. The Bertz CT molecular complexity index is 291. The number of nitrogens with zero attached hydrogens (tertiary/aromatic N) is 1. The van der Waals surface area contributed by atoms with Crippen molar-refractivity contribution in [2.75, 3.05) is 27.7 Å². The SMILES string of the molecule is CCCCCCCCCCCCCCCCCCCCC(CO)[N+](C)(C)C.[Br-]. The fourth-order valence-corrected chi connectivity index (χ4v) is 4.01. The molecule has 0 spiro atoms. The average Bonchev–Trinajstić information content (AvgIpc) is 2.62. The van der Waals surface area contributed by atoms with Gasteiger partial charge in [0.1, 0.15) is 6.04 Å². The lowest BCUT2D eigenvalue weighted by molar-refractivity contribution is -0.897. The fraction of sp³-hybridized carbons (Fsp3) is 1.00. The molecule has 172 valence electrons. The minimum atomic E-state index is 0. The summed E-state index contributed by atoms with van der Waals surface area (Å²) >= 11 is 0. The molecule has 0 heterocycles. The van der Waals surface area contributed by atoms with E-state index >= 15 is 0 Å². The Kier molecular flexibility index (Phi) is 24.1. The van der Waals surface area contributed by atoms with Crippen molar-refractivity contribution in [2.24, 2.45) is 0 Å². The van der Waals surface area contributed by atoms with Crippen LogP contribution in [0.2, 0.25) is 0 Å². The highest BCUT2D eigenvalue weighted by atomic mass is 79.9. The van der Waals surface area contributed by atoms with Crippen LogP contribution >= 0.6 is 0 Å². The highest BCUT2D eigenvalue weighted by molar-refractivity contribution is 4.57. The largest absolute Gasteiger partial charge is 1.00 e. The van der Waals surface area contributed by atoms with Crippen LogP contribution in [0.1, 0.15) is 129 Å². The van der Waals surface area contributed by atoms with Crippen LogP contribution in [0.3, 0.4) is 0 Å². The first-order valence-electron chi connectivity index (χ1n) is 12.4. The van der Waals surface area contributed by atoms with Crippen LogP contribution in [0, 0.1) is 0 Å². The van der Waals surface area contributed by atoms with E-state index in [4.69, 9.17) is 0 Å². The fourth-order valence-electron chi connectivity index (χ4n) is 4.01. The standard InChI is InChI=1S/C25H54NO.BrH/c1-5-6-7-8-9-10-11-12-13-14-15-16-17-18-19-20-21-22-23-25(24-27)26(2,3)4;/h25,27H,5-24H2,1-4H3;1H/q+1;/p-1. The quantitative estimate of drug-likeness (QED) is 0.196. The summed E-state index contributed by atoms with van der Waals surface area (Å²) in [4.78, 5) is 0. The van der Waals surface area contributed by atoms with E-state index in [1.807, 2.05) is 0 Å². The van der Waals surface area contributed by atoms with Gasteiger partial charge in [0, 0.05) is 6.42 Å². The summed E-state index contributed by atoms with van der Waals surface area (Å²) in [7, 11) is 6.57. The molecule has 0 rings (SSSR count). The molecule has 0 amide bonds. The maximum Gasteiger partial charge on any atom is 0.112 e. The number of aliphatic hydroxyl groups is 1. The van der Waals surface area contributed by atoms with Crippen molar-refractivity contribution in [3.63, 3.8) is 0 Å². The van der Waals surface area contributed by atoms with E-state index in [1.54, 1.807) is 0 Å². The summed E-state index contributed by atoms with van der Waals surface area (Å²) in [5.74, 6) is 0. The second-order valence-corrected chi connectivity index (χ2v) is 9.75. The molecule has 0 aromatic rings. The molecule has 0 bridgehead atoms. The maximum atomic E-state index is 9.49. The second-order valence-electron chi connectivity index (χ2n) is 9.75. The van der Waals surface area contributed by atoms with Crippen molar-refractivity contribution in [3.8, 4) is 0 Å². The summed E-state index contributed by atoms with van der Waals surface area (Å²) in [5.41, 5.74) is 0. The summed E-state index contributed by atoms with van der Waals surface area (Å²) in [5, 5.41) is 9.49. The first kappa shape index (κ1) is 30.6. The number of hydrogen-bond donors (Lipinski definition) is 1. The molecule has 0 saturated carbocycles. The van der Waals surface area contributed by atoms with E-state index in [0.29, 0.717) is 12.6 Å². The van der Waals surface area contributed by atoms with Gasteiger partial charge in [0.25, 0.3) is 0 Å². The lowest BCUT2D eigenvalue weighted by Crippen LogP contribution is -3.00. The molecule has 0 aliphatic rings. The summed E-state index contributed by atoms with van der Waals surface area (Å²) in [6, 6.07) is 0.408. The molecule has 0 radical (unpaired) electrons. The van der Waals surface area contributed by atoms with Crippen LogP contribution in [-0.2, 0) is 0 Å². The van der Waals surface area contributed by atoms with E-state index in [2.05, 4.69) is 28.1 Å². The molecule has 0 aliphatic heterocycles. The van der Waals surface area contributed by atoms with E-state index in [9.17, 15) is 5.11 Å². The topological polar surface area (TPSA) is 20.2 Å². The monoisotopic (exact) mass is 463 g/mol. The Balaban J connectivity index is 0. The predicted octanol–water partition coefficient (Wildman–Crippen LogP) is 4.49. The Labute approximate surface area is 189 Å². The molecule has 2 nitrogen and oxygen atoms in total. The zero-order valence-corrected chi connectivity index (χ0v) is 21.6. The molecular weight excluding hydrogens is 410 g/mol. The number of aliphatic hydroxyl groups excluding tert-OH is 1. The van der Waals surface area contributed by atoms with Crippen molar-refractivity contribution in [3.05, 3.63) is 0 Å². The zero-order valence-electron chi connectivity index (χ0n) is 20.0. The van der Waals surface area contributed by atoms with Gasteiger partial charge < -0.3 is 26.6 Å². The molecule has 1 atom stereocenters. The number of quaternary nitrogens is 1. The number of hydrogen-bond acceptors (Lipinski definition) is 1. The molecule has 28 heavy (non-hydrogen) atoms. The normalized spacial score (nSPS) is 12.8. The maximum absolute atomic E-state index is 9.49. The van der Waals surface area contributed by atoms with Crippen molar-refractivity contribution >= 4 is 0 Å². The third-order valence-corrected chi connectivity index (χ3v) is 6.20. The van der Waals surface area contributed by atoms with E-state index in [0.717, 1.165) is 4.48 Å². The van der Waals surface area contributed by atoms with Crippen LogP contribution in [-0.4, -0.2) is 43.4 Å². The molecule has 1 N–H and O–H groups in total. The molecule has 0 aliphatic carbocycles. The molecular formula is C25H54BrNO. The van der Waals surface area contributed by atoms with Crippen molar-refractivity contribution < 1.29 is 26.6 Å². The van der Waals surface area contributed by atoms with Crippen molar-refractivity contribution in [1.29, 1.82) is 0 Å². The van der Waals surface area contributed by atoms with Gasteiger partial charge in [-0.05, 0) is 6.42 Å². The van der Waals surface area contributed by atoms with Gasteiger partial charge in [0.2, 0.25) is 0 Å². The van der Waals surface area contributed by atoms with Gasteiger partial charge in [-0.2, -0.15) is 0 Å². The zero-order chi connectivity index (χ0) is 20.2. The summed E-state index contributed by atoms with van der Waals surface area (Å²) in [6.45, 7) is 2.62. The van der Waals surface area contributed by atoms with Crippen molar-refractivity contribution in [2.45, 2.75) is 135 Å². The lowest BCUT2D eigenvalue weighted by Gasteiger charge is -2.33. The Morgan fingerprint density at radius 3 is 1.07 bits per heavy atom. The molecule has 0 aromatic heterocycles. The first-order valence-corrected chi connectivity index (χ1v) is 12.4. The van der Waals surface area contributed by atoms with Gasteiger partial charge in [-0.1, -0.05) is 116 Å². The van der Waals surface area contributed by atoms with Gasteiger partial charge in [-0.15, -0.1) is 0 Å². The van der Waals surface area contributed by atoms with Gasteiger partial charge in [0.05, 0.1) is 27.7 Å². The third kappa shape index (κ3) is 21.1. The highest BCUT2D eigenvalue weighted by Gasteiger charge is 2.21. The van der Waals surface area contributed by atoms with Gasteiger partial charge >= 0.3 is 0 Å². The summed E-state index contributed by atoms with van der Waals surface area (Å²) < 4.78 is 0.884. The van der Waals surface area contributed by atoms with E-state index < -0.39 is 0 Å². The molecule has 0 aromatic carbocycles. The Hall–Kier alpha value is 0.400. The van der Waals surface area contributed by atoms with Gasteiger partial charge in [-0.25, -0.2) is 0 Å². The van der Waals surface area contributed by atoms with E-state index in [-0.39, 0.29) is 17.0 Å². The predicted molar refractivity (Wildman–Crippen MR) is 122 cm³/mol.